The fourth-order valence-electron chi connectivity index (χ4n) is 2.44. The summed E-state index contributed by atoms with van der Waals surface area (Å²) in [4.78, 5) is 0. The molecule has 3 heteroatoms. The minimum Gasteiger partial charge on any atom is -0.383 e. The zero-order chi connectivity index (χ0) is 11.8. The predicted octanol–water partition coefficient (Wildman–Crippen LogP) is 2.92. The second kappa shape index (κ2) is 8.37. The van der Waals surface area contributed by atoms with Crippen LogP contribution in [0.4, 0.5) is 0 Å². The number of likely N-dealkylation sites (N-methyl/N-ethyl adjacent to an activating group) is 1. The molecule has 0 amide bonds. The van der Waals surface area contributed by atoms with Crippen LogP contribution < -0.4 is 5.32 Å². The van der Waals surface area contributed by atoms with Crippen molar-refractivity contribution in [2.75, 3.05) is 26.0 Å². The van der Waals surface area contributed by atoms with E-state index in [0.29, 0.717) is 6.04 Å². The second-order valence-electron chi connectivity index (χ2n) is 4.94. The summed E-state index contributed by atoms with van der Waals surface area (Å²) in [5.74, 6) is 2.13. The Bertz CT molecular complexity index is 167. The lowest BCUT2D eigenvalue weighted by Gasteiger charge is -2.27. The molecule has 2 nitrogen and oxygen atoms in total. The molecule has 3 unspecified atom stereocenters. The van der Waals surface area contributed by atoms with Crippen molar-refractivity contribution in [1.82, 2.24) is 5.32 Å². The fraction of sp³-hybridized carbons (Fsp3) is 1.00. The first-order chi connectivity index (χ1) is 7.76. The number of methoxy groups -OCH3 is 1. The van der Waals surface area contributed by atoms with E-state index < -0.39 is 0 Å². The number of hydrogen-bond donors (Lipinski definition) is 1. The topological polar surface area (TPSA) is 21.3 Å². The van der Waals surface area contributed by atoms with Crippen LogP contribution in [0.2, 0.25) is 0 Å². The summed E-state index contributed by atoms with van der Waals surface area (Å²) >= 11 is 2.15. The molecule has 1 aliphatic rings. The number of nitrogens with one attached hydrogen (secondary N) is 1. The molecular formula is C13H27NOS. The van der Waals surface area contributed by atoms with E-state index in [0.717, 1.165) is 24.3 Å². The maximum absolute atomic E-state index is 5.24. The quantitative estimate of drug-likeness (QED) is 0.745. The highest BCUT2D eigenvalue weighted by atomic mass is 32.2. The van der Waals surface area contributed by atoms with Gasteiger partial charge < -0.3 is 10.1 Å². The summed E-state index contributed by atoms with van der Waals surface area (Å²) < 4.78 is 5.24. The van der Waals surface area contributed by atoms with Crippen molar-refractivity contribution in [3.05, 3.63) is 0 Å². The molecule has 0 aromatic rings. The fourth-order valence-corrected chi connectivity index (χ4v) is 3.95. The monoisotopic (exact) mass is 245 g/mol. The van der Waals surface area contributed by atoms with Gasteiger partial charge in [0.2, 0.25) is 0 Å². The number of thioether (sulfide) groups is 1. The molecular weight excluding hydrogens is 218 g/mol. The van der Waals surface area contributed by atoms with E-state index >= 15 is 0 Å². The lowest BCUT2D eigenvalue weighted by atomic mass is 9.91. The van der Waals surface area contributed by atoms with Gasteiger partial charge in [-0.15, -0.1) is 0 Å². The summed E-state index contributed by atoms with van der Waals surface area (Å²) in [7, 11) is 1.79. The van der Waals surface area contributed by atoms with Gasteiger partial charge in [0.15, 0.2) is 0 Å². The maximum atomic E-state index is 5.24. The van der Waals surface area contributed by atoms with Crippen LogP contribution in [0.1, 0.15) is 39.5 Å². The Balaban J connectivity index is 2.19. The predicted molar refractivity (Wildman–Crippen MR) is 73.2 cm³/mol. The summed E-state index contributed by atoms with van der Waals surface area (Å²) in [5.41, 5.74) is 0. The summed E-state index contributed by atoms with van der Waals surface area (Å²) in [6, 6.07) is 0.525. The Morgan fingerprint density at radius 3 is 2.88 bits per heavy atom. The Labute approximate surface area is 105 Å². The van der Waals surface area contributed by atoms with Gasteiger partial charge in [-0.3, -0.25) is 0 Å². The van der Waals surface area contributed by atoms with Crippen LogP contribution in [0.5, 0.6) is 0 Å². The van der Waals surface area contributed by atoms with Crippen molar-refractivity contribution in [2.24, 2.45) is 5.92 Å². The molecule has 0 bridgehead atoms. The molecule has 0 aromatic heterocycles. The highest BCUT2D eigenvalue weighted by Crippen LogP contribution is 2.32. The zero-order valence-electron chi connectivity index (χ0n) is 11.0. The molecule has 96 valence electrons. The van der Waals surface area contributed by atoms with Crippen molar-refractivity contribution >= 4 is 11.8 Å². The Morgan fingerprint density at radius 2 is 2.25 bits per heavy atom. The van der Waals surface area contributed by atoms with Crippen LogP contribution in [0, 0.1) is 5.92 Å². The van der Waals surface area contributed by atoms with E-state index in [2.05, 4.69) is 30.9 Å². The third-order valence-corrected chi connectivity index (χ3v) is 4.78. The highest BCUT2D eigenvalue weighted by Gasteiger charge is 2.20. The first-order valence-electron chi connectivity index (χ1n) is 6.60. The van der Waals surface area contributed by atoms with E-state index in [1.807, 2.05) is 0 Å². The van der Waals surface area contributed by atoms with Gasteiger partial charge in [0.1, 0.15) is 0 Å². The Hall–Kier alpha value is 0.270. The largest absolute Gasteiger partial charge is 0.383 e. The van der Waals surface area contributed by atoms with E-state index in [1.165, 1.54) is 31.4 Å². The molecule has 0 aromatic carbocycles. The SMILES string of the molecule is CCNC(COC)CSC1CCCC(C)C1. The zero-order valence-corrected chi connectivity index (χ0v) is 11.8. The smallest absolute Gasteiger partial charge is 0.0623 e. The molecule has 1 aliphatic carbocycles. The maximum Gasteiger partial charge on any atom is 0.0623 e. The molecule has 0 radical (unpaired) electrons. The van der Waals surface area contributed by atoms with Gasteiger partial charge in [-0.05, 0) is 25.3 Å². The van der Waals surface area contributed by atoms with Crippen molar-refractivity contribution < 1.29 is 4.74 Å². The minimum atomic E-state index is 0.525. The lowest BCUT2D eigenvalue weighted by Crippen LogP contribution is -2.36. The minimum absolute atomic E-state index is 0.525. The molecule has 0 spiro atoms. The average molecular weight is 245 g/mol. The van der Waals surface area contributed by atoms with Gasteiger partial charge in [-0.2, -0.15) is 11.8 Å². The average Bonchev–Trinajstić information content (AvgIpc) is 2.27. The van der Waals surface area contributed by atoms with Crippen LogP contribution in [-0.2, 0) is 4.74 Å². The van der Waals surface area contributed by atoms with E-state index in [9.17, 15) is 0 Å². The Morgan fingerprint density at radius 1 is 1.44 bits per heavy atom. The molecule has 16 heavy (non-hydrogen) atoms. The molecule has 0 aliphatic heterocycles. The third-order valence-electron chi connectivity index (χ3n) is 3.28. The van der Waals surface area contributed by atoms with Gasteiger partial charge in [0.05, 0.1) is 6.61 Å². The van der Waals surface area contributed by atoms with Crippen LogP contribution in [0.25, 0.3) is 0 Å². The molecule has 1 fully saturated rings. The van der Waals surface area contributed by atoms with E-state index in [4.69, 9.17) is 4.74 Å². The Kier molecular flexibility index (Phi) is 7.50. The molecule has 0 saturated heterocycles. The van der Waals surface area contributed by atoms with Gasteiger partial charge >= 0.3 is 0 Å². The van der Waals surface area contributed by atoms with Gasteiger partial charge in [0, 0.05) is 24.2 Å². The van der Waals surface area contributed by atoms with Gasteiger partial charge in [0.25, 0.3) is 0 Å². The van der Waals surface area contributed by atoms with E-state index in [-0.39, 0.29) is 0 Å². The lowest BCUT2D eigenvalue weighted by molar-refractivity contribution is 0.174. The van der Waals surface area contributed by atoms with Crippen molar-refractivity contribution in [3.8, 4) is 0 Å². The van der Waals surface area contributed by atoms with Crippen LogP contribution in [0.3, 0.4) is 0 Å². The molecule has 1 N–H and O–H groups in total. The number of ether oxygens (including phenoxy) is 1. The second-order valence-corrected chi connectivity index (χ2v) is 6.27. The van der Waals surface area contributed by atoms with Crippen LogP contribution in [-0.4, -0.2) is 37.3 Å². The molecule has 0 heterocycles. The van der Waals surface area contributed by atoms with Crippen molar-refractivity contribution in [1.29, 1.82) is 0 Å². The first kappa shape index (κ1) is 14.3. The molecule has 1 rings (SSSR count). The van der Waals surface area contributed by atoms with Gasteiger partial charge in [-0.25, -0.2) is 0 Å². The van der Waals surface area contributed by atoms with E-state index in [1.54, 1.807) is 7.11 Å². The third kappa shape index (κ3) is 5.55. The molecule has 1 saturated carbocycles. The van der Waals surface area contributed by atoms with Gasteiger partial charge in [-0.1, -0.05) is 26.7 Å². The highest BCUT2D eigenvalue weighted by molar-refractivity contribution is 7.99. The normalized spacial score (nSPS) is 27.9. The van der Waals surface area contributed by atoms with Crippen LogP contribution in [0.15, 0.2) is 0 Å². The van der Waals surface area contributed by atoms with Crippen molar-refractivity contribution in [3.63, 3.8) is 0 Å². The summed E-state index contributed by atoms with van der Waals surface area (Å²) in [5, 5.41) is 4.38. The summed E-state index contributed by atoms with van der Waals surface area (Å²) in [6.45, 7) is 6.43. The summed E-state index contributed by atoms with van der Waals surface area (Å²) in [6.07, 6.45) is 5.69. The standard InChI is InChI=1S/C13H27NOS/c1-4-14-12(9-15-3)10-16-13-7-5-6-11(2)8-13/h11-14H,4-10H2,1-3H3. The van der Waals surface area contributed by atoms with Crippen LogP contribution >= 0.6 is 11.8 Å². The number of rotatable bonds is 7. The van der Waals surface area contributed by atoms with Crippen molar-refractivity contribution in [2.45, 2.75) is 50.8 Å². The number of hydrogen-bond acceptors (Lipinski definition) is 3. The first-order valence-corrected chi connectivity index (χ1v) is 7.65. The molecule has 3 atom stereocenters.